The molecule has 0 saturated carbocycles. The Morgan fingerprint density at radius 2 is 2.11 bits per heavy atom. The molecule has 5 heteroatoms. The molecule has 0 fully saturated rings. The van der Waals surface area contributed by atoms with Crippen LogP contribution in [0.2, 0.25) is 0 Å². The molecule has 1 heterocycles. The predicted molar refractivity (Wildman–Crippen MR) is 70.4 cm³/mol. The Morgan fingerprint density at radius 1 is 1.32 bits per heavy atom. The summed E-state index contributed by atoms with van der Waals surface area (Å²) in [6, 6.07) is 5.73. The van der Waals surface area contributed by atoms with Gasteiger partial charge in [0.2, 0.25) is 11.4 Å². The maximum Gasteiger partial charge on any atom is 0.246 e. The molecule has 0 aliphatic heterocycles. The smallest absolute Gasteiger partial charge is 0.246 e. The van der Waals surface area contributed by atoms with Crippen LogP contribution in [-0.2, 0) is 7.05 Å². The number of carbonyl (C=O) groups excluding carboxylic acids is 1. The van der Waals surface area contributed by atoms with Crippen molar-refractivity contribution in [2.75, 3.05) is 0 Å². The van der Waals surface area contributed by atoms with Gasteiger partial charge in [-0.25, -0.2) is 14.7 Å². The summed E-state index contributed by atoms with van der Waals surface area (Å²) in [5.74, 6) is -0.0815. The molecule has 5 nitrogen and oxygen atoms in total. The quantitative estimate of drug-likeness (QED) is 0.657. The van der Waals surface area contributed by atoms with Gasteiger partial charge in [-0.1, -0.05) is 24.3 Å². The topological polar surface area (TPSA) is 60.1 Å². The second-order valence-corrected chi connectivity index (χ2v) is 4.42. The molecular formula is C14H12N4O. The number of aromatic nitrogens is 3. The molecule has 0 spiro atoms. The molecular weight excluding hydrogens is 240 g/mol. The second-order valence-electron chi connectivity index (χ2n) is 4.42. The molecule has 0 amide bonds. The van der Waals surface area contributed by atoms with Crippen LogP contribution >= 0.6 is 0 Å². The van der Waals surface area contributed by atoms with Crippen LogP contribution in [0.3, 0.4) is 0 Å². The zero-order valence-corrected chi connectivity index (χ0v) is 10.7. The summed E-state index contributed by atoms with van der Waals surface area (Å²) in [5, 5.41) is 4.26. The maximum absolute atomic E-state index is 12.3. The van der Waals surface area contributed by atoms with Gasteiger partial charge in [0.15, 0.2) is 5.69 Å². The first-order valence-corrected chi connectivity index (χ1v) is 5.87. The number of nitrogens with zero attached hydrogens (tertiary/aromatic N) is 4. The molecule has 19 heavy (non-hydrogen) atoms. The third-order valence-corrected chi connectivity index (χ3v) is 3.07. The molecule has 1 aromatic carbocycles. The zero-order valence-electron chi connectivity index (χ0n) is 10.7. The van der Waals surface area contributed by atoms with Gasteiger partial charge in [0.05, 0.1) is 0 Å². The van der Waals surface area contributed by atoms with Gasteiger partial charge >= 0.3 is 0 Å². The Bertz CT molecular complexity index is 787. The van der Waals surface area contributed by atoms with Crippen molar-refractivity contribution in [3.05, 3.63) is 53.4 Å². The summed E-state index contributed by atoms with van der Waals surface area (Å²) in [5.41, 5.74) is 3.92. The molecule has 1 aromatic heterocycles. The summed E-state index contributed by atoms with van der Waals surface area (Å²) in [6.45, 7) is 5.50. The van der Waals surface area contributed by atoms with Crippen LogP contribution in [0.4, 0.5) is 0 Å². The lowest BCUT2D eigenvalue weighted by molar-refractivity contribution is 0.103. The summed E-state index contributed by atoms with van der Waals surface area (Å²) in [7, 11) is 1.71. The van der Waals surface area contributed by atoms with Crippen molar-refractivity contribution < 1.29 is 4.79 Å². The molecule has 0 radical (unpaired) electrons. The van der Waals surface area contributed by atoms with E-state index in [9.17, 15) is 4.79 Å². The first-order chi connectivity index (χ1) is 9.11. The van der Waals surface area contributed by atoms with Crippen LogP contribution in [0.25, 0.3) is 11.3 Å². The largest absolute Gasteiger partial charge is 0.287 e. The highest BCUT2D eigenvalue weighted by Crippen LogP contribution is 2.33. The molecule has 0 atom stereocenters. The SMILES string of the molecule is C=CN=c1nc2c(nn1C)C(=O)c1cc(C)ccc1-2. The van der Waals surface area contributed by atoms with Crippen LogP contribution in [0, 0.1) is 6.92 Å². The number of aryl methyl sites for hydroxylation is 2. The highest BCUT2D eigenvalue weighted by Gasteiger charge is 2.30. The Labute approximate surface area is 110 Å². The van der Waals surface area contributed by atoms with Gasteiger partial charge in [0.25, 0.3) is 0 Å². The number of fused-ring (bicyclic) bond motifs is 3. The monoisotopic (exact) mass is 252 g/mol. The van der Waals surface area contributed by atoms with E-state index < -0.39 is 0 Å². The minimum absolute atomic E-state index is 0.0815. The minimum Gasteiger partial charge on any atom is -0.287 e. The van der Waals surface area contributed by atoms with Crippen molar-refractivity contribution in [2.45, 2.75) is 6.92 Å². The van der Waals surface area contributed by atoms with Crippen LogP contribution in [-0.4, -0.2) is 20.5 Å². The highest BCUT2D eigenvalue weighted by atomic mass is 16.1. The van der Waals surface area contributed by atoms with Gasteiger partial charge in [0.1, 0.15) is 5.69 Å². The van der Waals surface area contributed by atoms with Crippen molar-refractivity contribution in [1.82, 2.24) is 14.8 Å². The molecule has 0 bridgehead atoms. The highest BCUT2D eigenvalue weighted by molar-refractivity contribution is 6.19. The van der Waals surface area contributed by atoms with E-state index >= 15 is 0 Å². The Morgan fingerprint density at radius 3 is 2.84 bits per heavy atom. The third kappa shape index (κ3) is 1.62. The fourth-order valence-corrected chi connectivity index (χ4v) is 2.18. The lowest BCUT2D eigenvalue weighted by Crippen LogP contribution is -2.26. The summed E-state index contributed by atoms with van der Waals surface area (Å²) in [4.78, 5) is 20.7. The molecule has 2 aromatic rings. The van der Waals surface area contributed by atoms with Crippen LogP contribution < -0.4 is 5.62 Å². The Hall–Kier alpha value is -2.56. The summed E-state index contributed by atoms with van der Waals surface area (Å²) < 4.78 is 1.48. The predicted octanol–water partition coefficient (Wildman–Crippen LogP) is 1.38. The standard InChI is InChI=1S/C14H12N4O/c1-4-15-14-16-11-9-6-5-8(2)7-10(9)13(19)12(11)17-18(14)3/h4-7H,1H2,2-3H3. The number of rotatable bonds is 1. The molecule has 1 aliphatic carbocycles. The van der Waals surface area contributed by atoms with Gasteiger partial charge < -0.3 is 0 Å². The van der Waals surface area contributed by atoms with Crippen molar-refractivity contribution in [2.24, 2.45) is 12.0 Å². The van der Waals surface area contributed by atoms with E-state index in [4.69, 9.17) is 0 Å². The normalized spacial score (nSPS) is 13.4. The van der Waals surface area contributed by atoms with Gasteiger partial charge in [-0.05, 0) is 13.0 Å². The van der Waals surface area contributed by atoms with E-state index in [1.54, 1.807) is 7.05 Å². The fraction of sp³-hybridized carbons (Fsp3) is 0.143. The van der Waals surface area contributed by atoms with Crippen LogP contribution in [0.15, 0.2) is 36.0 Å². The fourth-order valence-electron chi connectivity index (χ4n) is 2.18. The summed E-state index contributed by atoms with van der Waals surface area (Å²) in [6.07, 6.45) is 1.41. The first kappa shape index (κ1) is 11.5. The van der Waals surface area contributed by atoms with Crippen molar-refractivity contribution >= 4 is 5.78 Å². The molecule has 0 saturated heterocycles. The Kier molecular flexibility index (Phi) is 2.41. The van der Waals surface area contributed by atoms with E-state index in [1.165, 1.54) is 10.9 Å². The maximum atomic E-state index is 12.3. The zero-order chi connectivity index (χ0) is 13.6. The Balaban J connectivity index is 2.36. The van der Waals surface area contributed by atoms with Crippen molar-refractivity contribution in [3.8, 4) is 11.3 Å². The number of hydrogen-bond donors (Lipinski definition) is 0. The van der Waals surface area contributed by atoms with E-state index in [2.05, 4.69) is 21.7 Å². The second kappa shape index (κ2) is 3.98. The number of benzene rings is 1. The molecule has 0 unspecified atom stereocenters. The molecule has 0 N–H and O–H groups in total. The van der Waals surface area contributed by atoms with Crippen molar-refractivity contribution in [1.29, 1.82) is 0 Å². The first-order valence-electron chi connectivity index (χ1n) is 5.87. The van der Waals surface area contributed by atoms with Gasteiger partial charge in [-0.15, -0.1) is 0 Å². The summed E-state index contributed by atoms with van der Waals surface area (Å²) >= 11 is 0. The molecule has 3 rings (SSSR count). The van der Waals surface area contributed by atoms with Crippen LogP contribution in [0.5, 0.6) is 0 Å². The minimum atomic E-state index is -0.0815. The lowest BCUT2D eigenvalue weighted by atomic mass is 10.1. The third-order valence-electron chi connectivity index (χ3n) is 3.07. The van der Waals surface area contributed by atoms with Gasteiger partial charge in [0, 0.05) is 24.4 Å². The molecule has 94 valence electrons. The van der Waals surface area contributed by atoms with Gasteiger partial charge in [-0.2, -0.15) is 5.10 Å². The van der Waals surface area contributed by atoms with E-state index in [0.717, 1.165) is 11.1 Å². The number of ketones is 1. The average Bonchev–Trinajstić information content (AvgIpc) is 2.64. The lowest BCUT2D eigenvalue weighted by Gasteiger charge is -2.01. The number of hydrogen-bond acceptors (Lipinski definition) is 4. The van der Waals surface area contributed by atoms with E-state index in [-0.39, 0.29) is 5.78 Å². The van der Waals surface area contributed by atoms with E-state index in [1.807, 2.05) is 25.1 Å². The number of carbonyl (C=O) groups is 1. The average molecular weight is 252 g/mol. The molecule has 1 aliphatic rings. The van der Waals surface area contributed by atoms with Crippen LogP contribution in [0.1, 0.15) is 21.6 Å². The van der Waals surface area contributed by atoms with Crippen molar-refractivity contribution in [3.63, 3.8) is 0 Å². The van der Waals surface area contributed by atoms with E-state index in [0.29, 0.717) is 22.6 Å². The van der Waals surface area contributed by atoms with Gasteiger partial charge in [-0.3, -0.25) is 4.79 Å².